The van der Waals surface area contributed by atoms with Crippen molar-refractivity contribution in [1.29, 1.82) is 0 Å². The summed E-state index contributed by atoms with van der Waals surface area (Å²) in [6, 6.07) is 21.6. The number of anilines is 1. The average Bonchev–Trinajstić information content (AvgIpc) is 3.21. The van der Waals surface area contributed by atoms with Crippen LogP contribution < -0.4 is 10.1 Å². The molecule has 3 aromatic carbocycles. The molecular formula is C22H21N5O2S. The number of hydrogen-bond donors (Lipinski definition) is 1. The van der Waals surface area contributed by atoms with Gasteiger partial charge < -0.3 is 10.1 Å². The molecule has 1 atom stereocenters. The summed E-state index contributed by atoms with van der Waals surface area (Å²) in [5.41, 5.74) is 1.83. The first-order chi connectivity index (χ1) is 14.6. The zero-order chi connectivity index (χ0) is 20.9. The summed E-state index contributed by atoms with van der Waals surface area (Å²) < 4.78 is 6.88. The summed E-state index contributed by atoms with van der Waals surface area (Å²) in [5, 5.41) is 17.3. The monoisotopic (exact) mass is 419 g/mol. The fourth-order valence-corrected chi connectivity index (χ4v) is 3.85. The van der Waals surface area contributed by atoms with E-state index in [4.69, 9.17) is 4.74 Å². The van der Waals surface area contributed by atoms with E-state index in [2.05, 4.69) is 20.8 Å². The number of ether oxygens (including phenoxy) is 1. The van der Waals surface area contributed by atoms with Crippen molar-refractivity contribution in [3.05, 3.63) is 72.3 Å². The number of carbonyl (C=O) groups excluding carboxylic acids is 1. The van der Waals surface area contributed by atoms with E-state index < -0.39 is 0 Å². The van der Waals surface area contributed by atoms with Crippen molar-refractivity contribution in [2.45, 2.75) is 23.9 Å². The zero-order valence-electron chi connectivity index (χ0n) is 16.6. The molecule has 1 unspecified atom stereocenters. The number of aromatic nitrogens is 4. The van der Waals surface area contributed by atoms with Crippen molar-refractivity contribution in [2.75, 3.05) is 12.4 Å². The second kappa shape index (κ2) is 8.96. The molecule has 0 radical (unpaired) electrons. The van der Waals surface area contributed by atoms with Crippen molar-refractivity contribution in [3.63, 3.8) is 0 Å². The Kier molecular flexibility index (Phi) is 5.94. The molecule has 0 saturated heterocycles. The number of thioether (sulfide) groups is 1. The lowest BCUT2D eigenvalue weighted by Gasteiger charge is -2.13. The van der Waals surface area contributed by atoms with E-state index in [9.17, 15) is 4.79 Å². The topological polar surface area (TPSA) is 81.9 Å². The summed E-state index contributed by atoms with van der Waals surface area (Å²) in [5.74, 6) is 0.694. The molecule has 30 heavy (non-hydrogen) atoms. The molecule has 1 amide bonds. The fraction of sp³-hybridized carbons (Fsp3) is 0.182. The maximum Gasteiger partial charge on any atom is 0.237 e. The molecule has 0 aliphatic rings. The van der Waals surface area contributed by atoms with Crippen molar-refractivity contribution in [1.82, 2.24) is 20.2 Å². The van der Waals surface area contributed by atoms with Gasteiger partial charge >= 0.3 is 0 Å². The molecule has 8 heteroatoms. The van der Waals surface area contributed by atoms with Crippen LogP contribution in [0.25, 0.3) is 10.8 Å². The van der Waals surface area contributed by atoms with Crippen LogP contribution >= 0.6 is 11.8 Å². The second-order valence-corrected chi connectivity index (χ2v) is 8.05. The fourth-order valence-electron chi connectivity index (χ4n) is 3.06. The van der Waals surface area contributed by atoms with Crippen LogP contribution in [0.1, 0.15) is 12.5 Å². The first kappa shape index (κ1) is 19.9. The molecular weight excluding hydrogens is 398 g/mol. The van der Waals surface area contributed by atoms with Crippen LogP contribution in [0.5, 0.6) is 5.75 Å². The van der Waals surface area contributed by atoms with Gasteiger partial charge in [0.2, 0.25) is 11.1 Å². The Bertz CT molecular complexity index is 1150. The van der Waals surface area contributed by atoms with Crippen molar-refractivity contribution >= 4 is 34.1 Å². The number of tetrazole rings is 1. The lowest BCUT2D eigenvalue weighted by molar-refractivity contribution is -0.115. The average molecular weight is 420 g/mol. The quantitative estimate of drug-likeness (QED) is 0.456. The number of benzene rings is 3. The van der Waals surface area contributed by atoms with Crippen LogP contribution in [-0.4, -0.2) is 38.5 Å². The minimum atomic E-state index is -0.371. The standard InChI is InChI=1S/C22H21N5O2S/c1-15(21(28)23-20-9-5-7-17-6-3-4-8-19(17)20)30-22-24-25-26-27(22)14-16-10-12-18(29-2)13-11-16/h3-13,15H,14H2,1-2H3,(H,23,28). The number of nitrogens with one attached hydrogen (secondary N) is 1. The van der Waals surface area contributed by atoms with Crippen LogP contribution in [0.2, 0.25) is 0 Å². The Morgan fingerprint density at radius 2 is 1.87 bits per heavy atom. The molecule has 0 aliphatic heterocycles. The van der Waals surface area contributed by atoms with E-state index in [0.717, 1.165) is 27.8 Å². The SMILES string of the molecule is COc1ccc(Cn2nnnc2SC(C)C(=O)Nc2cccc3ccccc23)cc1. The third-order valence-corrected chi connectivity index (χ3v) is 5.76. The molecule has 1 aromatic heterocycles. The van der Waals surface area contributed by atoms with Crippen LogP contribution in [0, 0.1) is 0 Å². The van der Waals surface area contributed by atoms with E-state index in [0.29, 0.717) is 11.7 Å². The second-order valence-electron chi connectivity index (χ2n) is 6.74. The van der Waals surface area contributed by atoms with Gasteiger partial charge in [-0.25, -0.2) is 4.68 Å². The van der Waals surface area contributed by atoms with Crippen LogP contribution in [0.4, 0.5) is 5.69 Å². The molecule has 0 spiro atoms. The van der Waals surface area contributed by atoms with Gasteiger partial charge in [-0.3, -0.25) is 4.79 Å². The first-order valence-corrected chi connectivity index (χ1v) is 10.4. The van der Waals surface area contributed by atoms with Gasteiger partial charge in [0.05, 0.1) is 18.9 Å². The molecule has 7 nitrogen and oxygen atoms in total. The number of nitrogens with zero attached hydrogens (tertiary/aromatic N) is 4. The van der Waals surface area contributed by atoms with Gasteiger partial charge in [0.1, 0.15) is 5.75 Å². The highest BCUT2D eigenvalue weighted by molar-refractivity contribution is 8.00. The van der Waals surface area contributed by atoms with Gasteiger partial charge in [-0.15, -0.1) is 5.10 Å². The van der Waals surface area contributed by atoms with Gasteiger partial charge in [0.25, 0.3) is 0 Å². The third-order valence-electron chi connectivity index (χ3n) is 4.69. The minimum absolute atomic E-state index is 0.102. The summed E-state index contributed by atoms with van der Waals surface area (Å²) in [4.78, 5) is 12.8. The number of rotatable bonds is 7. The maximum absolute atomic E-state index is 12.8. The van der Waals surface area contributed by atoms with Crippen molar-refractivity contribution in [3.8, 4) is 5.75 Å². The number of carbonyl (C=O) groups is 1. The molecule has 0 aliphatic carbocycles. The van der Waals surface area contributed by atoms with Gasteiger partial charge in [-0.2, -0.15) is 0 Å². The van der Waals surface area contributed by atoms with Crippen LogP contribution in [0.15, 0.2) is 71.9 Å². The summed E-state index contributed by atoms with van der Waals surface area (Å²) in [7, 11) is 1.63. The molecule has 0 saturated carbocycles. The Labute approximate surface area is 178 Å². The van der Waals surface area contributed by atoms with Crippen LogP contribution in [-0.2, 0) is 11.3 Å². The molecule has 0 fully saturated rings. The Morgan fingerprint density at radius 3 is 2.67 bits per heavy atom. The Morgan fingerprint density at radius 1 is 1.10 bits per heavy atom. The summed E-state index contributed by atoms with van der Waals surface area (Å²) >= 11 is 1.33. The molecule has 4 rings (SSSR count). The molecule has 4 aromatic rings. The first-order valence-electron chi connectivity index (χ1n) is 9.48. The number of fused-ring (bicyclic) bond motifs is 1. The van der Waals surface area contributed by atoms with E-state index >= 15 is 0 Å². The number of methoxy groups -OCH3 is 1. The zero-order valence-corrected chi connectivity index (χ0v) is 17.5. The largest absolute Gasteiger partial charge is 0.497 e. The predicted molar refractivity (Wildman–Crippen MR) is 118 cm³/mol. The third kappa shape index (κ3) is 4.44. The highest BCUT2D eigenvalue weighted by Gasteiger charge is 2.19. The van der Waals surface area contributed by atoms with E-state index in [-0.39, 0.29) is 11.2 Å². The lowest BCUT2D eigenvalue weighted by atomic mass is 10.1. The van der Waals surface area contributed by atoms with Gasteiger partial charge in [0.15, 0.2) is 0 Å². The highest BCUT2D eigenvalue weighted by Crippen LogP contribution is 2.26. The van der Waals surface area contributed by atoms with Crippen molar-refractivity contribution < 1.29 is 9.53 Å². The smallest absolute Gasteiger partial charge is 0.237 e. The minimum Gasteiger partial charge on any atom is -0.497 e. The van der Waals surface area contributed by atoms with E-state index in [1.54, 1.807) is 11.8 Å². The normalized spacial score (nSPS) is 11.9. The number of hydrogen-bond acceptors (Lipinski definition) is 6. The predicted octanol–water partition coefficient (Wildman–Crippen LogP) is 4.00. The van der Waals surface area contributed by atoms with Gasteiger partial charge in [-0.05, 0) is 46.5 Å². The van der Waals surface area contributed by atoms with E-state index in [1.807, 2.05) is 73.7 Å². The molecule has 1 N–H and O–H groups in total. The van der Waals surface area contributed by atoms with E-state index in [1.165, 1.54) is 11.8 Å². The number of amides is 1. The molecule has 0 bridgehead atoms. The highest BCUT2D eigenvalue weighted by atomic mass is 32.2. The van der Waals surface area contributed by atoms with Crippen molar-refractivity contribution in [2.24, 2.45) is 0 Å². The molecule has 1 heterocycles. The Balaban J connectivity index is 1.44. The van der Waals surface area contributed by atoms with Gasteiger partial charge in [-0.1, -0.05) is 60.3 Å². The molecule has 152 valence electrons. The van der Waals surface area contributed by atoms with Crippen LogP contribution in [0.3, 0.4) is 0 Å². The summed E-state index contributed by atoms with van der Waals surface area (Å²) in [6.07, 6.45) is 0. The Hall–Kier alpha value is -3.39. The lowest BCUT2D eigenvalue weighted by Crippen LogP contribution is -2.23. The summed E-state index contributed by atoms with van der Waals surface area (Å²) in [6.45, 7) is 2.36. The maximum atomic E-state index is 12.8. The van der Waals surface area contributed by atoms with Gasteiger partial charge in [0, 0.05) is 11.1 Å².